The number of halogens is 1. The van der Waals surface area contributed by atoms with Crippen molar-refractivity contribution in [3.05, 3.63) is 77.3 Å². The maximum absolute atomic E-state index is 12.9. The number of para-hydroxylation sites is 1. The van der Waals surface area contributed by atoms with Gasteiger partial charge in [0.15, 0.2) is 0 Å². The molecular formula is C24H21ClN2O3S. The molecule has 0 saturated heterocycles. The second kappa shape index (κ2) is 9.45. The smallest absolute Gasteiger partial charge is 0.225 e. The van der Waals surface area contributed by atoms with Crippen LogP contribution in [0.4, 0.5) is 11.4 Å². The Kier molecular flexibility index (Phi) is 6.49. The second-order valence-electron chi connectivity index (χ2n) is 6.90. The summed E-state index contributed by atoms with van der Waals surface area (Å²) in [7, 11) is 3.19. The highest BCUT2D eigenvalue weighted by molar-refractivity contribution is 8.01. The highest BCUT2D eigenvalue weighted by atomic mass is 35.5. The van der Waals surface area contributed by atoms with Crippen LogP contribution < -0.4 is 14.8 Å². The third-order valence-electron chi connectivity index (χ3n) is 4.87. The maximum atomic E-state index is 12.9. The Balaban J connectivity index is 1.57. The number of hydrogen-bond acceptors (Lipinski definition) is 5. The van der Waals surface area contributed by atoms with E-state index in [2.05, 4.69) is 5.32 Å². The Labute approximate surface area is 190 Å². The number of hydrogen-bond donors (Lipinski definition) is 1. The molecule has 31 heavy (non-hydrogen) atoms. The molecule has 1 unspecified atom stereocenters. The summed E-state index contributed by atoms with van der Waals surface area (Å²) in [6.07, 6.45) is 0.271. The molecule has 1 amide bonds. The first-order valence-corrected chi connectivity index (χ1v) is 10.9. The van der Waals surface area contributed by atoms with Crippen molar-refractivity contribution in [1.82, 2.24) is 0 Å². The van der Waals surface area contributed by atoms with E-state index < -0.39 is 0 Å². The van der Waals surface area contributed by atoms with Crippen molar-refractivity contribution in [3.8, 4) is 11.5 Å². The molecule has 1 N–H and O–H groups in total. The Morgan fingerprint density at radius 1 is 1.06 bits per heavy atom. The fraction of sp³-hybridized carbons (Fsp3) is 0.167. The molecule has 0 fully saturated rings. The van der Waals surface area contributed by atoms with Crippen LogP contribution in [0.5, 0.6) is 11.5 Å². The summed E-state index contributed by atoms with van der Waals surface area (Å²) in [6, 6.07) is 20.9. The van der Waals surface area contributed by atoms with Gasteiger partial charge in [-0.15, -0.1) is 11.8 Å². The first-order chi connectivity index (χ1) is 15.1. The molecule has 1 heterocycles. The van der Waals surface area contributed by atoms with Crippen molar-refractivity contribution in [3.63, 3.8) is 0 Å². The highest BCUT2D eigenvalue weighted by Crippen LogP contribution is 2.40. The number of methoxy groups -OCH3 is 2. The minimum Gasteiger partial charge on any atom is -0.497 e. The monoisotopic (exact) mass is 452 g/mol. The van der Waals surface area contributed by atoms with Crippen LogP contribution in [0.25, 0.3) is 0 Å². The number of carbonyl (C=O) groups excluding carboxylic acids is 1. The normalized spacial score (nSPS) is 14.9. The second-order valence-corrected chi connectivity index (χ2v) is 8.55. The predicted molar refractivity (Wildman–Crippen MR) is 127 cm³/mol. The van der Waals surface area contributed by atoms with Crippen molar-refractivity contribution in [2.45, 2.75) is 16.6 Å². The molecule has 1 atom stereocenters. The zero-order valence-electron chi connectivity index (χ0n) is 17.1. The number of nitrogens with one attached hydrogen (secondary N) is 1. The molecular weight excluding hydrogens is 432 g/mol. The summed E-state index contributed by atoms with van der Waals surface area (Å²) in [5.74, 6) is 1.23. The first kappa shape index (κ1) is 21.3. The number of thioether (sulfide) groups is 1. The molecule has 0 aliphatic carbocycles. The summed E-state index contributed by atoms with van der Waals surface area (Å²) in [5.41, 5.74) is 3.37. The molecule has 1 aliphatic heterocycles. The van der Waals surface area contributed by atoms with E-state index in [1.54, 1.807) is 44.2 Å². The molecule has 7 heteroatoms. The summed E-state index contributed by atoms with van der Waals surface area (Å²) >= 11 is 7.83. The Hall–Kier alpha value is -2.96. The standard InChI is InChI=1S/C24H21ClN2O3S/c1-29-17-10-7-15(8-11-17)24-22(31-21-6-4-3-5-19(21)27-24)14-23(28)26-16-9-12-20(30-2)18(25)13-16/h3-13,22H,14H2,1-2H3,(H,26,28). The van der Waals surface area contributed by atoms with Crippen LogP contribution in [0, 0.1) is 0 Å². The van der Waals surface area contributed by atoms with Crippen molar-refractivity contribution < 1.29 is 14.3 Å². The first-order valence-electron chi connectivity index (χ1n) is 9.69. The third-order valence-corrected chi connectivity index (χ3v) is 6.44. The number of amides is 1. The van der Waals surface area contributed by atoms with E-state index in [4.69, 9.17) is 26.1 Å². The molecule has 0 aromatic heterocycles. The number of aliphatic imine (C=N–C) groups is 1. The van der Waals surface area contributed by atoms with Gasteiger partial charge >= 0.3 is 0 Å². The number of rotatable bonds is 6. The molecule has 3 aromatic carbocycles. The highest BCUT2D eigenvalue weighted by Gasteiger charge is 2.27. The summed E-state index contributed by atoms with van der Waals surface area (Å²) in [5, 5.41) is 3.25. The molecule has 0 radical (unpaired) electrons. The van der Waals surface area contributed by atoms with Crippen LogP contribution in [0.15, 0.2) is 76.6 Å². The van der Waals surface area contributed by atoms with Crippen LogP contribution in [-0.4, -0.2) is 31.1 Å². The van der Waals surface area contributed by atoms with Gasteiger partial charge in [0.05, 0.1) is 35.9 Å². The van der Waals surface area contributed by atoms with Gasteiger partial charge in [0.1, 0.15) is 11.5 Å². The number of ether oxygens (including phenoxy) is 2. The quantitative estimate of drug-likeness (QED) is 0.499. The molecule has 5 nitrogen and oxygen atoms in total. The van der Waals surface area contributed by atoms with E-state index in [1.807, 2.05) is 48.5 Å². The van der Waals surface area contributed by atoms with Crippen molar-refractivity contribution in [1.29, 1.82) is 0 Å². The van der Waals surface area contributed by atoms with Crippen molar-refractivity contribution in [2.75, 3.05) is 19.5 Å². The molecule has 1 aliphatic rings. The lowest BCUT2D eigenvalue weighted by Gasteiger charge is -2.24. The molecule has 3 aromatic rings. The van der Waals surface area contributed by atoms with Gasteiger partial charge in [-0.1, -0.05) is 23.7 Å². The Morgan fingerprint density at radius 2 is 1.84 bits per heavy atom. The zero-order valence-corrected chi connectivity index (χ0v) is 18.7. The lowest BCUT2D eigenvalue weighted by atomic mass is 10.0. The van der Waals surface area contributed by atoms with Gasteiger partial charge in [-0.2, -0.15) is 0 Å². The third kappa shape index (κ3) is 4.86. The van der Waals surface area contributed by atoms with E-state index in [1.165, 1.54) is 0 Å². The number of nitrogens with zero attached hydrogens (tertiary/aromatic N) is 1. The zero-order chi connectivity index (χ0) is 21.8. The van der Waals surface area contributed by atoms with Gasteiger partial charge in [-0.05, 0) is 60.2 Å². The fourth-order valence-electron chi connectivity index (χ4n) is 3.34. The van der Waals surface area contributed by atoms with Crippen molar-refractivity contribution >= 4 is 46.4 Å². The average Bonchev–Trinajstić information content (AvgIpc) is 2.79. The van der Waals surface area contributed by atoms with Crippen LogP contribution in [0.3, 0.4) is 0 Å². The average molecular weight is 453 g/mol. The van der Waals surface area contributed by atoms with Crippen LogP contribution in [-0.2, 0) is 4.79 Å². The molecule has 158 valence electrons. The Morgan fingerprint density at radius 3 is 2.55 bits per heavy atom. The van der Waals surface area contributed by atoms with Gasteiger partial charge in [0.25, 0.3) is 0 Å². The minimum absolute atomic E-state index is 0.112. The van der Waals surface area contributed by atoms with Crippen LogP contribution >= 0.6 is 23.4 Å². The van der Waals surface area contributed by atoms with Gasteiger partial charge in [-0.3, -0.25) is 9.79 Å². The SMILES string of the molecule is COc1ccc(C2=Nc3ccccc3SC2CC(=O)Nc2ccc(OC)c(Cl)c2)cc1. The number of benzene rings is 3. The number of fused-ring (bicyclic) bond motifs is 1. The van der Waals surface area contributed by atoms with E-state index in [0.29, 0.717) is 16.5 Å². The van der Waals surface area contributed by atoms with Crippen molar-refractivity contribution in [2.24, 2.45) is 4.99 Å². The van der Waals surface area contributed by atoms with E-state index in [-0.39, 0.29) is 17.6 Å². The van der Waals surface area contributed by atoms with Gasteiger partial charge in [-0.25, -0.2) is 0 Å². The minimum atomic E-state index is -0.128. The summed E-state index contributed by atoms with van der Waals surface area (Å²) in [6.45, 7) is 0. The van der Waals surface area contributed by atoms with Gasteiger partial charge in [0, 0.05) is 17.0 Å². The fourth-order valence-corrected chi connectivity index (χ4v) is 4.83. The van der Waals surface area contributed by atoms with E-state index >= 15 is 0 Å². The summed E-state index contributed by atoms with van der Waals surface area (Å²) in [4.78, 5) is 18.8. The summed E-state index contributed by atoms with van der Waals surface area (Å²) < 4.78 is 10.4. The topological polar surface area (TPSA) is 59.9 Å². The molecule has 0 spiro atoms. The largest absolute Gasteiger partial charge is 0.497 e. The number of carbonyl (C=O) groups is 1. The predicted octanol–water partition coefficient (Wildman–Crippen LogP) is 5.98. The lowest BCUT2D eigenvalue weighted by molar-refractivity contribution is -0.116. The molecule has 4 rings (SSSR count). The van der Waals surface area contributed by atoms with E-state index in [9.17, 15) is 4.79 Å². The lowest BCUT2D eigenvalue weighted by Crippen LogP contribution is -2.27. The molecule has 0 bridgehead atoms. The molecule has 0 saturated carbocycles. The number of anilines is 1. The maximum Gasteiger partial charge on any atom is 0.225 e. The van der Waals surface area contributed by atoms with Gasteiger partial charge in [0.2, 0.25) is 5.91 Å². The van der Waals surface area contributed by atoms with E-state index in [0.717, 1.165) is 27.6 Å². The van der Waals surface area contributed by atoms with Gasteiger partial charge < -0.3 is 14.8 Å². The van der Waals surface area contributed by atoms with Crippen LogP contribution in [0.1, 0.15) is 12.0 Å². The van der Waals surface area contributed by atoms with Crippen LogP contribution in [0.2, 0.25) is 5.02 Å². The Bertz CT molecular complexity index is 1130.